The van der Waals surface area contributed by atoms with Crippen molar-refractivity contribution < 1.29 is 14.3 Å². The van der Waals surface area contributed by atoms with Gasteiger partial charge in [-0.15, -0.1) is 11.8 Å². The number of hydrogen-bond donors (Lipinski definition) is 1. The third-order valence-electron chi connectivity index (χ3n) is 3.22. The highest BCUT2D eigenvalue weighted by Gasteiger charge is 2.36. The Labute approximate surface area is 141 Å². The quantitative estimate of drug-likeness (QED) is 0.910. The number of ether oxygens (including phenoxy) is 1. The van der Waals surface area contributed by atoms with E-state index < -0.39 is 17.7 Å². The van der Waals surface area contributed by atoms with Crippen molar-refractivity contribution in [1.82, 2.24) is 15.2 Å². The lowest BCUT2D eigenvalue weighted by Crippen LogP contribution is -2.49. The molecule has 0 bridgehead atoms. The van der Waals surface area contributed by atoms with Crippen LogP contribution in [0.2, 0.25) is 0 Å². The van der Waals surface area contributed by atoms with Gasteiger partial charge in [0.15, 0.2) is 0 Å². The molecule has 0 aromatic carbocycles. The molecule has 126 valence electrons. The first-order valence-electron chi connectivity index (χ1n) is 7.62. The summed E-state index contributed by atoms with van der Waals surface area (Å²) >= 11 is 1.55. The van der Waals surface area contributed by atoms with Crippen molar-refractivity contribution in [2.75, 3.05) is 18.2 Å². The minimum Gasteiger partial charge on any atom is -0.444 e. The summed E-state index contributed by atoms with van der Waals surface area (Å²) in [5.41, 5.74) is 0.363. The Balaban J connectivity index is 1.84. The zero-order valence-electron chi connectivity index (χ0n) is 13.7. The summed E-state index contributed by atoms with van der Waals surface area (Å²) in [5.74, 6) is 0.929. The summed E-state index contributed by atoms with van der Waals surface area (Å²) in [5, 5.41) is 2.88. The van der Waals surface area contributed by atoms with E-state index in [0.29, 0.717) is 24.6 Å². The van der Waals surface area contributed by atoms with E-state index in [0.717, 1.165) is 5.69 Å². The van der Waals surface area contributed by atoms with Crippen molar-refractivity contribution in [3.8, 4) is 0 Å². The highest BCUT2D eigenvalue weighted by atomic mass is 32.2. The van der Waals surface area contributed by atoms with E-state index >= 15 is 0 Å². The van der Waals surface area contributed by atoms with Crippen LogP contribution in [0.15, 0.2) is 24.4 Å². The predicted molar refractivity (Wildman–Crippen MR) is 90.1 cm³/mol. The van der Waals surface area contributed by atoms with Crippen LogP contribution in [-0.2, 0) is 16.0 Å². The molecule has 0 radical (unpaired) electrons. The second-order valence-electron chi connectivity index (χ2n) is 6.33. The van der Waals surface area contributed by atoms with Crippen molar-refractivity contribution in [3.05, 3.63) is 30.1 Å². The van der Waals surface area contributed by atoms with Gasteiger partial charge in [-0.3, -0.25) is 14.7 Å². The summed E-state index contributed by atoms with van der Waals surface area (Å²) in [6.45, 7) is 5.95. The first kappa shape index (κ1) is 17.6. The normalized spacial score (nSPS) is 17.9. The van der Waals surface area contributed by atoms with Crippen LogP contribution in [-0.4, -0.2) is 51.7 Å². The predicted octanol–water partition coefficient (Wildman–Crippen LogP) is 2.05. The summed E-state index contributed by atoms with van der Waals surface area (Å²) in [4.78, 5) is 30.2. The lowest BCUT2D eigenvalue weighted by molar-refractivity contribution is -0.125. The third-order valence-corrected chi connectivity index (χ3v) is 4.23. The van der Waals surface area contributed by atoms with Gasteiger partial charge in [-0.1, -0.05) is 6.07 Å². The molecular weight excluding hydrogens is 314 g/mol. The minimum absolute atomic E-state index is 0.142. The molecule has 6 nitrogen and oxygen atoms in total. The van der Waals surface area contributed by atoms with Gasteiger partial charge in [0.25, 0.3) is 0 Å². The Kier molecular flexibility index (Phi) is 5.87. The molecule has 1 fully saturated rings. The average Bonchev–Trinajstić information content (AvgIpc) is 2.96. The maximum atomic E-state index is 12.3. The molecule has 1 saturated heterocycles. The monoisotopic (exact) mass is 337 g/mol. The molecule has 1 aromatic heterocycles. The van der Waals surface area contributed by atoms with Gasteiger partial charge >= 0.3 is 6.09 Å². The van der Waals surface area contributed by atoms with E-state index in [-0.39, 0.29) is 5.91 Å². The molecule has 1 aliphatic heterocycles. The van der Waals surface area contributed by atoms with E-state index in [1.54, 1.807) is 18.0 Å². The van der Waals surface area contributed by atoms with Crippen LogP contribution in [0.3, 0.4) is 0 Å². The van der Waals surface area contributed by atoms with Gasteiger partial charge in [0.1, 0.15) is 11.6 Å². The highest BCUT2D eigenvalue weighted by Crippen LogP contribution is 2.23. The Hall–Kier alpha value is -1.76. The fraction of sp³-hybridized carbons (Fsp3) is 0.562. The smallest absolute Gasteiger partial charge is 0.411 e. The number of rotatable bonds is 4. The Bertz CT molecular complexity index is 545. The summed E-state index contributed by atoms with van der Waals surface area (Å²) < 4.78 is 5.36. The molecule has 0 aliphatic carbocycles. The minimum atomic E-state index is -0.565. The summed E-state index contributed by atoms with van der Waals surface area (Å²) in [7, 11) is 0. The maximum Gasteiger partial charge on any atom is 0.411 e. The number of aromatic nitrogens is 1. The van der Waals surface area contributed by atoms with Crippen LogP contribution < -0.4 is 5.32 Å². The van der Waals surface area contributed by atoms with Crippen LogP contribution in [0.1, 0.15) is 26.5 Å². The molecule has 1 atom stereocenters. The van der Waals surface area contributed by atoms with E-state index in [9.17, 15) is 9.59 Å². The molecule has 2 heterocycles. The summed E-state index contributed by atoms with van der Waals surface area (Å²) in [6.07, 6.45) is 1.96. The third kappa shape index (κ3) is 5.42. The van der Waals surface area contributed by atoms with Crippen molar-refractivity contribution in [3.63, 3.8) is 0 Å². The standard InChI is InChI=1S/C16H23N3O3S/c1-16(2,3)22-15(21)19-11-23-10-13(19)14(20)18-9-7-12-6-4-5-8-17-12/h4-6,8,13H,7,9-11H2,1-3H3,(H,18,20). The SMILES string of the molecule is CC(C)(C)OC(=O)N1CSCC1C(=O)NCCc1ccccn1. The van der Waals surface area contributed by atoms with Crippen LogP contribution in [0, 0.1) is 0 Å². The van der Waals surface area contributed by atoms with Crippen molar-refractivity contribution in [2.24, 2.45) is 0 Å². The maximum absolute atomic E-state index is 12.3. The number of hydrogen-bond acceptors (Lipinski definition) is 5. The number of amides is 2. The molecular formula is C16H23N3O3S. The van der Waals surface area contributed by atoms with E-state index in [4.69, 9.17) is 4.74 Å². The number of nitrogens with zero attached hydrogens (tertiary/aromatic N) is 2. The molecule has 1 aromatic rings. The van der Waals surface area contributed by atoms with Crippen molar-refractivity contribution in [1.29, 1.82) is 0 Å². The average molecular weight is 337 g/mol. The molecule has 0 spiro atoms. The molecule has 1 unspecified atom stereocenters. The van der Waals surface area contributed by atoms with Gasteiger partial charge in [0, 0.05) is 30.6 Å². The number of pyridine rings is 1. The second-order valence-corrected chi connectivity index (χ2v) is 7.33. The van der Waals surface area contributed by atoms with E-state index in [1.807, 2.05) is 39.0 Å². The molecule has 0 saturated carbocycles. The fourth-order valence-electron chi connectivity index (χ4n) is 2.14. The molecule has 1 N–H and O–H groups in total. The first-order valence-corrected chi connectivity index (χ1v) is 8.77. The van der Waals surface area contributed by atoms with Gasteiger partial charge in [-0.05, 0) is 32.9 Å². The van der Waals surface area contributed by atoms with Crippen LogP contribution in [0.4, 0.5) is 4.79 Å². The van der Waals surface area contributed by atoms with Crippen LogP contribution in [0.5, 0.6) is 0 Å². The molecule has 2 amide bonds. The van der Waals surface area contributed by atoms with Crippen molar-refractivity contribution >= 4 is 23.8 Å². The van der Waals surface area contributed by atoms with Crippen LogP contribution >= 0.6 is 11.8 Å². The number of carbonyl (C=O) groups excluding carboxylic acids is 2. The lowest BCUT2D eigenvalue weighted by Gasteiger charge is -2.27. The second kappa shape index (κ2) is 7.68. The van der Waals surface area contributed by atoms with E-state index in [2.05, 4.69) is 10.3 Å². The Morgan fingerprint density at radius 1 is 1.43 bits per heavy atom. The van der Waals surface area contributed by atoms with E-state index in [1.165, 1.54) is 4.90 Å². The van der Waals surface area contributed by atoms with Gasteiger partial charge in [-0.2, -0.15) is 0 Å². The Morgan fingerprint density at radius 2 is 2.22 bits per heavy atom. The van der Waals surface area contributed by atoms with Gasteiger partial charge in [-0.25, -0.2) is 4.79 Å². The fourth-order valence-corrected chi connectivity index (χ4v) is 3.28. The van der Waals surface area contributed by atoms with Gasteiger partial charge in [0.05, 0.1) is 5.88 Å². The number of thioether (sulfide) groups is 1. The molecule has 2 rings (SSSR count). The number of nitrogens with one attached hydrogen (secondary N) is 1. The molecule has 7 heteroatoms. The Morgan fingerprint density at radius 3 is 2.87 bits per heavy atom. The van der Waals surface area contributed by atoms with Gasteiger partial charge < -0.3 is 10.1 Å². The van der Waals surface area contributed by atoms with Crippen LogP contribution in [0.25, 0.3) is 0 Å². The highest BCUT2D eigenvalue weighted by molar-refractivity contribution is 7.99. The molecule has 1 aliphatic rings. The molecule has 23 heavy (non-hydrogen) atoms. The largest absolute Gasteiger partial charge is 0.444 e. The van der Waals surface area contributed by atoms with Gasteiger partial charge in [0.2, 0.25) is 5.91 Å². The van der Waals surface area contributed by atoms with Crippen molar-refractivity contribution in [2.45, 2.75) is 38.8 Å². The zero-order chi connectivity index (χ0) is 16.9. The topological polar surface area (TPSA) is 71.5 Å². The number of carbonyl (C=O) groups is 2. The first-order chi connectivity index (χ1) is 10.9. The summed E-state index contributed by atoms with van der Waals surface area (Å²) in [6, 6.07) is 5.22. The zero-order valence-corrected chi connectivity index (χ0v) is 14.6. The lowest BCUT2D eigenvalue weighted by atomic mass is 10.2.